The summed E-state index contributed by atoms with van der Waals surface area (Å²) in [5, 5.41) is 0. The molecule has 4 rings (SSSR count). The van der Waals surface area contributed by atoms with Crippen LogP contribution in [-0.2, 0) is 16.4 Å². The fourth-order valence-corrected chi connectivity index (χ4v) is 5.44. The maximum absolute atomic E-state index is 14.3. The van der Waals surface area contributed by atoms with E-state index in [9.17, 15) is 12.8 Å². The van der Waals surface area contributed by atoms with Gasteiger partial charge >= 0.3 is 0 Å². The second-order valence-electron chi connectivity index (χ2n) is 8.13. The van der Waals surface area contributed by atoms with Gasteiger partial charge in [0.15, 0.2) is 0 Å². The van der Waals surface area contributed by atoms with Crippen molar-refractivity contribution >= 4 is 15.8 Å². The first kappa shape index (κ1) is 22.4. The Balaban J connectivity index is 1.57. The maximum Gasteiger partial charge on any atom is 0.243 e. The van der Waals surface area contributed by atoms with E-state index in [2.05, 4.69) is 14.9 Å². The fourth-order valence-electron chi connectivity index (χ4n) is 4.02. The summed E-state index contributed by atoms with van der Waals surface area (Å²) < 4.78 is 41.9. The maximum atomic E-state index is 14.3. The van der Waals surface area contributed by atoms with Crippen molar-refractivity contribution in [1.29, 1.82) is 0 Å². The van der Waals surface area contributed by atoms with E-state index in [0.29, 0.717) is 48.9 Å². The summed E-state index contributed by atoms with van der Waals surface area (Å²) in [7, 11) is -3.54. The van der Waals surface area contributed by atoms with Crippen molar-refractivity contribution < 1.29 is 12.8 Å². The normalized spacial score (nSPS) is 15.2. The third-order valence-corrected chi connectivity index (χ3v) is 7.74. The number of nitrogens with zero attached hydrogens (tertiary/aromatic N) is 4. The molecule has 6 nitrogen and oxygen atoms in total. The van der Waals surface area contributed by atoms with E-state index < -0.39 is 10.0 Å². The molecule has 2 heterocycles. The van der Waals surface area contributed by atoms with Crippen molar-refractivity contribution in [2.45, 2.75) is 32.1 Å². The summed E-state index contributed by atoms with van der Waals surface area (Å²) in [5.74, 6) is 1.14. The standard InChI is InChI=1S/C24H27FN4O2S/c1-17-8-10-21(11-9-17)32(30,31)29-14-12-28(13-15-29)24-22(18(2)26-19(3)27-24)16-20-6-4-5-7-23(20)25/h4-11H,12-16H2,1-3H3. The number of aromatic nitrogens is 2. The SMILES string of the molecule is Cc1ccc(S(=O)(=O)N2CCN(c3nc(C)nc(C)c3Cc3ccccc3F)CC2)cc1. The van der Waals surface area contributed by atoms with E-state index in [1.54, 1.807) is 24.3 Å². The van der Waals surface area contributed by atoms with E-state index in [4.69, 9.17) is 0 Å². The lowest BCUT2D eigenvalue weighted by molar-refractivity contribution is 0.383. The van der Waals surface area contributed by atoms with Crippen LogP contribution >= 0.6 is 0 Å². The minimum absolute atomic E-state index is 0.257. The Hall–Kier alpha value is -2.84. The molecule has 0 bridgehead atoms. The molecule has 0 unspecified atom stereocenters. The number of hydrogen-bond acceptors (Lipinski definition) is 5. The van der Waals surface area contributed by atoms with Gasteiger partial charge in [-0.3, -0.25) is 0 Å². The Morgan fingerprint density at radius 3 is 2.22 bits per heavy atom. The highest BCUT2D eigenvalue weighted by molar-refractivity contribution is 7.89. The molecule has 0 atom stereocenters. The molecule has 0 radical (unpaired) electrons. The second-order valence-corrected chi connectivity index (χ2v) is 10.1. The Bertz CT molecular complexity index is 1220. The largest absolute Gasteiger partial charge is 0.354 e. The zero-order valence-corrected chi connectivity index (χ0v) is 19.4. The number of aryl methyl sites for hydroxylation is 3. The zero-order valence-electron chi connectivity index (χ0n) is 18.5. The van der Waals surface area contributed by atoms with Gasteiger partial charge in [-0.2, -0.15) is 4.31 Å². The summed E-state index contributed by atoms with van der Waals surface area (Å²) in [6, 6.07) is 13.6. The van der Waals surface area contributed by atoms with Gasteiger partial charge in [-0.15, -0.1) is 0 Å². The molecule has 8 heteroatoms. The lowest BCUT2D eigenvalue weighted by Crippen LogP contribution is -2.49. The van der Waals surface area contributed by atoms with Crippen LogP contribution in [0.15, 0.2) is 53.4 Å². The minimum Gasteiger partial charge on any atom is -0.354 e. The van der Waals surface area contributed by atoms with Crippen LogP contribution in [0.3, 0.4) is 0 Å². The lowest BCUT2D eigenvalue weighted by atomic mass is 10.0. The van der Waals surface area contributed by atoms with Crippen molar-refractivity contribution in [1.82, 2.24) is 14.3 Å². The van der Waals surface area contributed by atoms with Crippen molar-refractivity contribution in [2.24, 2.45) is 0 Å². The second kappa shape index (κ2) is 8.96. The Morgan fingerprint density at radius 1 is 0.906 bits per heavy atom. The fraction of sp³-hybridized carbons (Fsp3) is 0.333. The first-order valence-corrected chi connectivity index (χ1v) is 12.1. The number of benzene rings is 2. The van der Waals surface area contributed by atoms with E-state index in [0.717, 1.165) is 22.6 Å². The van der Waals surface area contributed by atoms with E-state index >= 15 is 0 Å². The molecule has 1 aliphatic heterocycles. The molecule has 1 aromatic heterocycles. The van der Waals surface area contributed by atoms with Gasteiger partial charge in [-0.1, -0.05) is 35.9 Å². The number of rotatable bonds is 5. The molecule has 32 heavy (non-hydrogen) atoms. The number of halogens is 1. The molecule has 1 fully saturated rings. The van der Waals surface area contributed by atoms with Gasteiger partial charge in [0.05, 0.1) is 4.90 Å². The van der Waals surface area contributed by atoms with Gasteiger partial charge in [0.1, 0.15) is 17.5 Å². The van der Waals surface area contributed by atoms with Crippen LogP contribution in [-0.4, -0.2) is 48.9 Å². The Kier molecular flexibility index (Phi) is 6.26. The third kappa shape index (κ3) is 4.52. The van der Waals surface area contributed by atoms with E-state index in [1.807, 2.05) is 39.0 Å². The predicted octanol–water partition coefficient (Wildman–Crippen LogP) is 3.64. The summed E-state index contributed by atoms with van der Waals surface area (Å²) in [4.78, 5) is 11.5. The van der Waals surface area contributed by atoms with Crippen molar-refractivity contribution in [3.05, 3.63) is 82.6 Å². The summed E-state index contributed by atoms with van der Waals surface area (Å²) in [5.41, 5.74) is 3.29. The van der Waals surface area contributed by atoms with E-state index in [-0.39, 0.29) is 5.82 Å². The molecule has 3 aromatic rings. The van der Waals surface area contributed by atoms with E-state index in [1.165, 1.54) is 10.4 Å². The van der Waals surface area contributed by atoms with Gasteiger partial charge < -0.3 is 4.90 Å². The highest BCUT2D eigenvalue weighted by Gasteiger charge is 2.30. The predicted molar refractivity (Wildman–Crippen MR) is 123 cm³/mol. The molecule has 0 spiro atoms. The summed E-state index contributed by atoms with van der Waals surface area (Å²) in [6.07, 6.45) is 0.385. The van der Waals surface area contributed by atoms with Crippen molar-refractivity contribution in [3.63, 3.8) is 0 Å². The molecular formula is C24H27FN4O2S. The van der Waals surface area contributed by atoms with Crippen molar-refractivity contribution in [2.75, 3.05) is 31.1 Å². The Labute approximate surface area is 188 Å². The topological polar surface area (TPSA) is 66.4 Å². The highest BCUT2D eigenvalue weighted by Crippen LogP contribution is 2.27. The summed E-state index contributed by atoms with van der Waals surface area (Å²) in [6.45, 7) is 7.40. The smallest absolute Gasteiger partial charge is 0.243 e. The number of anilines is 1. The van der Waals surface area contributed by atoms with Crippen LogP contribution in [0, 0.1) is 26.6 Å². The molecule has 2 aromatic carbocycles. The lowest BCUT2D eigenvalue weighted by Gasteiger charge is -2.36. The minimum atomic E-state index is -3.54. The van der Waals surface area contributed by atoms with Crippen LogP contribution in [0.5, 0.6) is 0 Å². The van der Waals surface area contributed by atoms with Gasteiger partial charge in [0.2, 0.25) is 10.0 Å². The number of hydrogen-bond donors (Lipinski definition) is 0. The van der Waals surface area contributed by atoms with Gasteiger partial charge in [-0.05, 0) is 44.5 Å². The molecule has 1 aliphatic rings. The van der Waals surface area contributed by atoms with Crippen LogP contribution in [0.2, 0.25) is 0 Å². The molecule has 0 saturated carbocycles. The molecule has 0 amide bonds. The average molecular weight is 455 g/mol. The number of piperazine rings is 1. The average Bonchev–Trinajstić information content (AvgIpc) is 2.77. The third-order valence-electron chi connectivity index (χ3n) is 5.83. The van der Waals surface area contributed by atoms with Crippen LogP contribution in [0.1, 0.15) is 28.2 Å². The zero-order chi connectivity index (χ0) is 22.9. The van der Waals surface area contributed by atoms with Gasteiger partial charge in [0.25, 0.3) is 0 Å². The molecule has 168 valence electrons. The van der Waals surface area contributed by atoms with Crippen LogP contribution < -0.4 is 4.90 Å². The molecule has 1 saturated heterocycles. The van der Waals surface area contributed by atoms with Crippen LogP contribution in [0.25, 0.3) is 0 Å². The molecular weight excluding hydrogens is 427 g/mol. The highest BCUT2D eigenvalue weighted by atomic mass is 32.2. The molecule has 0 aliphatic carbocycles. The summed E-state index contributed by atoms with van der Waals surface area (Å²) >= 11 is 0. The Morgan fingerprint density at radius 2 is 1.56 bits per heavy atom. The monoisotopic (exact) mass is 454 g/mol. The van der Waals surface area contributed by atoms with Gasteiger partial charge in [-0.25, -0.2) is 22.8 Å². The van der Waals surface area contributed by atoms with Gasteiger partial charge in [0, 0.05) is 43.9 Å². The van der Waals surface area contributed by atoms with Crippen LogP contribution in [0.4, 0.5) is 10.2 Å². The first-order valence-electron chi connectivity index (χ1n) is 10.6. The molecule has 0 N–H and O–H groups in total. The number of sulfonamides is 1. The quantitative estimate of drug-likeness (QED) is 0.589. The first-order chi connectivity index (χ1) is 15.3. The van der Waals surface area contributed by atoms with Crippen molar-refractivity contribution in [3.8, 4) is 0 Å².